The third kappa shape index (κ3) is 4.48. The van der Waals surface area contributed by atoms with E-state index in [1.54, 1.807) is 42.5 Å². The topological polar surface area (TPSA) is 52.6 Å². The highest BCUT2D eigenvalue weighted by Gasteiger charge is 2.10. The Balaban J connectivity index is 2.08. The molecule has 0 amide bonds. The predicted molar refractivity (Wildman–Crippen MR) is 79.2 cm³/mol. The van der Waals surface area contributed by atoms with E-state index in [0.29, 0.717) is 10.6 Å². The van der Waals surface area contributed by atoms with E-state index in [4.69, 9.17) is 32.7 Å². The number of rotatable bonds is 4. The number of hydrogen-bond acceptors (Lipinski definition) is 4. The Morgan fingerprint density at radius 3 is 2.19 bits per heavy atom. The summed E-state index contributed by atoms with van der Waals surface area (Å²) in [5.41, 5.74) is 0.363. The van der Waals surface area contributed by atoms with Crippen molar-refractivity contribution in [1.29, 1.82) is 0 Å². The second-order valence-electron chi connectivity index (χ2n) is 3.98. The number of alkyl halides is 1. The Morgan fingerprint density at radius 2 is 1.57 bits per heavy atom. The van der Waals surface area contributed by atoms with Crippen LogP contribution >= 0.6 is 23.2 Å². The molecule has 21 heavy (non-hydrogen) atoms. The normalized spacial score (nSPS) is 10.0. The van der Waals surface area contributed by atoms with Crippen molar-refractivity contribution in [2.24, 2.45) is 0 Å². The highest BCUT2D eigenvalue weighted by Crippen LogP contribution is 2.21. The van der Waals surface area contributed by atoms with Crippen LogP contribution in [0.2, 0.25) is 5.02 Å². The number of halogens is 2. The fourth-order valence-electron chi connectivity index (χ4n) is 1.51. The zero-order valence-electron chi connectivity index (χ0n) is 10.7. The lowest BCUT2D eigenvalue weighted by Crippen LogP contribution is -2.10. The fourth-order valence-corrected chi connectivity index (χ4v) is 1.69. The molecule has 0 aliphatic heterocycles. The van der Waals surface area contributed by atoms with Crippen LogP contribution in [-0.4, -0.2) is 17.8 Å². The number of ether oxygens (including phenoxy) is 2. The van der Waals surface area contributed by atoms with Crippen LogP contribution in [0.5, 0.6) is 11.5 Å². The van der Waals surface area contributed by atoms with Crippen molar-refractivity contribution < 1.29 is 19.1 Å². The summed E-state index contributed by atoms with van der Waals surface area (Å²) in [5.74, 6) is -0.864. The minimum absolute atomic E-state index is 0.252. The monoisotopic (exact) mass is 324 g/mol. The average molecular weight is 325 g/mol. The molecular formula is C15H10Cl2O4. The van der Waals surface area contributed by atoms with Crippen molar-refractivity contribution in [2.75, 3.05) is 5.88 Å². The maximum absolute atomic E-state index is 11.9. The summed E-state index contributed by atoms with van der Waals surface area (Å²) in [5, 5.41) is 0.529. The molecule has 0 heterocycles. The number of benzene rings is 2. The first-order chi connectivity index (χ1) is 10.1. The fraction of sp³-hybridized carbons (Fsp3) is 0.0667. The van der Waals surface area contributed by atoms with Gasteiger partial charge in [0.15, 0.2) is 0 Å². The Bertz CT molecular complexity index is 653. The molecule has 108 valence electrons. The van der Waals surface area contributed by atoms with Gasteiger partial charge in [-0.05, 0) is 36.4 Å². The predicted octanol–water partition coefficient (Wildman–Crippen LogP) is 3.70. The molecule has 6 heteroatoms. The van der Waals surface area contributed by atoms with Crippen LogP contribution in [-0.2, 0) is 4.79 Å². The SMILES string of the molecule is O=C(CCl)Oc1cccc(OC(=O)c2ccc(Cl)cc2)c1. The molecule has 2 aromatic carbocycles. The lowest BCUT2D eigenvalue weighted by Gasteiger charge is -2.06. The summed E-state index contributed by atoms with van der Waals surface area (Å²) in [4.78, 5) is 23.0. The standard InChI is InChI=1S/C15H10Cl2O4/c16-9-14(18)20-12-2-1-3-13(8-12)21-15(19)10-4-6-11(17)7-5-10/h1-8H,9H2. The molecule has 0 atom stereocenters. The van der Waals surface area contributed by atoms with Crippen molar-refractivity contribution in [2.45, 2.75) is 0 Å². The van der Waals surface area contributed by atoms with E-state index in [1.807, 2.05) is 0 Å². The number of carbonyl (C=O) groups is 2. The smallest absolute Gasteiger partial charge is 0.343 e. The summed E-state index contributed by atoms with van der Waals surface area (Å²) in [6.45, 7) is 0. The molecule has 0 saturated heterocycles. The lowest BCUT2D eigenvalue weighted by atomic mass is 10.2. The lowest BCUT2D eigenvalue weighted by molar-refractivity contribution is -0.131. The zero-order valence-corrected chi connectivity index (χ0v) is 12.2. The third-order valence-corrected chi connectivity index (χ3v) is 2.91. The van der Waals surface area contributed by atoms with E-state index in [2.05, 4.69) is 0 Å². The summed E-state index contributed by atoms with van der Waals surface area (Å²) < 4.78 is 10.1. The van der Waals surface area contributed by atoms with Gasteiger partial charge in [0.05, 0.1) is 5.56 Å². The molecule has 2 aromatic rings. The number of carbonyl (C=O) groups excluding carboxylic acids is 2. The van der Waals surface area contributed by atoms with Crippen molar-refractivity contribution in [3.63, 3.8) is 0 Å². The molecule has 0 aliphatic carbocycles. The molecule has 0 unspecified atom stereocenters. The minimum atomic E-state index is -0.585. The molecule has 0 aliphatic rings. The first-order valence-electron chi connectivity index (χ1n) is 5.93. The van der Waals surface area contributed by atoms with E-state index < -0.39 is 11.9 Å². The Labute approximate surface area is 131 Å². The van der Waals surface area contributed by atoms with Gasteiger partial charge in [-0.25, -0.2) is 4.79 Å². The van der Waals surface area contributed by atoms with Crippen molar-refractivity contribution in [1.82, 2.24) is 0 Å². The largest absolute Gasteiger partial charge is 0.426 e. The van der Waals surface area contributed by atoms with Gasteiger partial charge in [0.1, 0.15) is 17.4 Å². The Kier molecular flexibility index (Phi) is 5.20. The van der Waals surface area contributed by atoms with Gasteiger partial charge in [-0.1, -0.05) is 17.7 Å². The Morgan fingerprint density at radius 1 is 0.952 bits per heavy atom. The highest BCUT2D eigenvalue weighted by molar-refractivity contribution is 6.30. The number of esters is 2. The quantitative estimate of drug-likeness (QED) is 0.489. The minimum Gasteiger partial charge on any atom is -0.426 e. The molecule has 0 fully saturated rings. The van der Waals surface area contributed by atoms with E-state index >= 15 is 0 Å². The van der Waals surface area contributed by atoms with Crippen LogP contribution in [0.25, 0.3) is 0 Å². The number of hydrogen-bond donors (Lipinski definition) is 0. The third-order valence-electron chi connectivity index (χ3n) is 2.44. The summed E-state index contributed by atoms with van der Waals surface area (Å²) in [6.07, 6.45) is 0. The van der Waals surface area contributed by atoms with E-state index in [0.717, 1.165) is 0 Å². The van der Waals surface area contributed by atoms with Crippen LogP contribution in [0.4, 0.5) is 0 Å². The van der Waals surface area contributed by atoms with Crippen LogP contribution in [0.1, 0.15) is 10.4 Å². The van der Waals surface area contributed by atoms with E-state index in [9.17, 15) is 9.59 Å². The molecule has 0 aromatic heterocycles. The highest BCUT2D eigenvalue weighted by atomic mass is 35.5. The van der Waals surface area contributed by atoms with Crippen molar-refractivity contribution in [3.8, 4) is 11.5 Å². The molecular weight excluding hydrogens is 315 g/mol. The van der Waals surface area contributed by atoms with Gasteiger partial charge in [-0.3, -0.25) is 4.79 Å². The zero-order chi connectivity index (χ0) is 15.2. The first-order valence-corrected chi connectivity index (χ1v) is 6.84. The molecule has 2 rings (SSSR count). The van der Waals surface area contributed by atoms with Crippen molar-refractivity contribution in [3.05, 3.63) is 59.1 Å². The second-order valence-corrected chi connectivity index (χ2v) is 4.68. The van der Waals surface area contributed by atoms with Gasteiger partial charge in [-0.15, -0.1) is 11.6 Å². The molecule has 0 N–H and O–H groups in total. The van der Waals surface area contributed by atoms with Crippen LogP contribution < -0.4 is 9.47 Å². The molecule has 0 spiro atoms. The maximum atomic E-state index is 11.9. The van der Waals surface area contributed by atoms with Gasteiger partial charge in [0.2, 0.25) is 0 Å². The van der Waals surface area contributed by atoms with Gasteiger partial charge in [-0.2, -0.15) is 0 Å². The second kappa shape index (κ2) is 7.11. The average Bonchev–Trinajstić information content (AvgIpc) is 2.48. The summed E-state index contributed by atoms with van der Waals surface area (Å²) >= 11 is 11.1. The van der Waals surface area contributed by atoms with Crippen LogP contribution in [0.3, 0.4) is 0 Å². The molecule has 0 saturated carbocycles. The molecule has 4 nitrogen and oxygen atoms in total. The summed E-state index contributed by atoms with van der Waals surface area (Å²) in [6, 6.07) is 12.5. The van der Waals surface area contributed by atoms with Crippen molar-refractivity contribution >= 4 is 35.1 Å². The van der Waals surface area contributed by atoms with Crippen LogP contribution in [0.15, 0.2) is 48.5 Å². The molecule has 0 bridgehead atoms. The van der Waals surface area contributed by atoms with Gasteiger partial charge in [0.25, 0.3) is 0 Å². The summed E-state index contributed by atoms with van der Waals surface area (Å²) in [7, 11) is 0. The molecule has 0 radical (unpaired) electrons. The Hall–Kier alpha value is -2.04. The first kappa shape index (κ1) is 15.4. The van der Waals surface area contributed by atoms with Gasteiger partial charge >= 0.3 is 11.9 Å². The van der Waals surface area contributed by atoms with Crippen LogP contribution in [0, 0.1) is 0 Å². The van der Waals surface area contributed by atoms with E-state index in [1.165, 1.54) is 6.07 Å². The maximum Gasteiger partial charge on any atom is 0.343 e. The van der Waals surface area contributed by atoms with Gasteiger partial charge in [0, 0.05) is 11.1 Å². The van der Waals surface area contributed by atoms with Gasteiger partial charge < -0.3 is 9.47 Å². The van der Waals surface area contributed by atoms with E-state index in [-0.39, 0.29) is 17.4 Å².